The van der Waals surface area contributed by atoms with Gasteiger partial charge in [0.1, 0.15) is 0 Å². The van der Waals surface area contributed by atoms with Crippen LogP contribution in [0.2, 0.25) is 0 Å². The fraction of sp³-hybridized carbons (Fsp3) is 0.400. The summed E-state index contributed by atoms with van der Waals surface area (Å²) in [6.07, 6.45) is 6.34. The molecule has 0 radical (unpaired) electrons. The fourth-order valence-corrected chi connectivity index (χ4v) is 2.73. The van der Waals surface area contributed by atoms with E-state index in [4.69, 9.17) is 19.6 Å². The second-order valence-corrected chi connectivity index (χ2v) is 6.21. The van der Waals surface area contributed by atoms with Gasteiger partial charge >= 0.3 is 0 Å². The van der Waals surface area contributed by atoms with Crippen LogP contribution >= 0.6 is 0 Å². The Hall–Kier alpha value is -2.80. The maximum absolute atomic E-state index is 12.2. The molecule has 1 aliphatic rings. The number of allylic oxidation sites excluding steroid dienone is 2. The van der Waals surface area contributed by atoms with Crippen molar-refractivity contribution in [2.75, 3.05) is 54.6 Å². The molecule has 0 aromatic heterocycles. The van der Waals surface area contributed by atoms with Gasteiger partial charge in [-0.1, -0.05) is 6.08 Å². The Morgan fingerprint density at radius 2 is 1.56 bits per heavy atom. The average molecular weight is 373 g/mol. The molecular formula is C20H27N3O4. The molecule has 7 nitrogen and oxygen atoms in total. The van der Waals surface area contributed by atoms with Crippen LogP contribution in [0.15, 0.2) is 30.4 Å². The maximum atomic E-state index is 12.2. The number of ether oxygens (including phenoxy) is 3. The van der Waals surface area contributed by atoms with Crippen molar-refractivity contribution in [3.63, 3.8) is 0 Å². The van der Waals surface area contributed by atoms with Gasteiger partial charge in [-0.05, 0) is 36.9 Å². The Morgan fingerprint density at radius 3 is 2.07 bits per heavy atom. The maximum Gasteiger partial charge on any atom is 0.246 e. The number of amides is 1. The van der Waals surface area contributed by atoms with Gasteiger partial charge in [0, 0.05) is 32.3 Å². The number of carbonyl (C=O) groups is 1. The Morgan fingerprint density at radius 1 is 0.963 bits per heavy atom. The summed E-state index contributed by atoms with van der Waals surface area (Å²) in [5.74, 6) is 1.55. The van der Waals surface area contributed by atoms with Crippen molar-refractivity contribution in [3.8, 4) is 17.2 Å². The van der Waals surface area contributed by atoms with E-state index in [-0.39, 0.29) is 11.6 Å². The molecule has 0 bridgehead atoms. The van der Waals surface area contributed by atoms with E-state index in [0.717, 1.165) is 18.7 Å². The van der Waals surface area contributed by atoms with E-state index in [0.29, 0.717) is 30.3 Å². The number of methoxy groups -OCH3 is 3. The molecule has 0 spiro atoms. The predicted molar refractivity (Wildman–Crippen MR) is 106 cm³/mol. The van der Waals surface area contributed by atoms with Gasteiger partial charge in [-0.15, -0.1) is 0 Å². The highest BCUT2D eigenvalue weighted by molar-refractivity contribution is 6.07. The van der Waals surface area contributed by atoms with Gasteiger partial charge in [-0.3, -0.25) is 4.79 Å². The van der Waals surface area contributed by atoms with E-state index in [1.807, 2.05) is 7.05 Å². The molecule has 0 unspecified atom stereocenters. The number of likely N-dealkylation sites (N-methyl/N-ethyl adjacent to an activating group) is 1. The minimum Gasteiger partial charge on any atom is -0.493 e. The zero-order valence-corrected chi connectivity index (χ0v) is 16.3. The molecule has 1 aromatic carbocycles. The number of benzene rings is 1. The minimum atomic E-state index is -0.0611. The fourth-order valence-electron chi connectivity index (χ4n) is 2.73. The molecular weight excluding hydrogens is 346 g/mol. The zero-order valence-electron chi connectivity index (χ0n) is 16.3. The first-order valence-corrected chi connectivity index (χ1v) is 8.70. The van der Waals surface area contributed by atoms with Crippen LogP contribution in [0, 0.1) is 5.41 Å². The largest absolute Gasteiger partial charge is 0.493 e. The number of hydrogen-bond acceptors (Lipinski definition) is 6. The Kier molecular flexibility index (Phi) is 7.43. The van der Waals surface area contributed by atoms with E-state index >= 15 is 0 Å². The van der Waals surface area contributed by atoms with Crippen LogP contribution in [0.5, 0.6) is 17.2 Å². The van der Waals surface area contributed by atoms with Gasteiger partial charge in [-0.2, -0.15) is 0 Å². The first-order chi connectivity index (χ1) is 13.0. The molecule has 7 heteroatoms. The zero-order chi connectivity index (χ0) is 19.8. The lowest BCUT2D eigenvalue weighted by atomic mass is 10.1. The first-order valence-electron chi connectivity index (χ1n) is 8.70. The SMILES string of the molecule is COc1cc(/C=C/C(=N)/C=C/C(=O)N2CCN(C)CC2)cc(OC)c1OC. The van der Waals surface area contributed by atoms with Gasteiger partial charge in [0.05, 0.1) is 27.0 Å². The standard InChI is InChI=1S/C20H27N3O4/c1-22-9-11-23(12-10-22)19(24)8-7-16(21)6-5-15-13-17(25-2)20(27-4)18(14-15)26-3/h5-8,13-14,21H,9-12H2,1-4H3/b6-5+,8-7+,21-16?. The Labute approximate surface area is 160 Å². The van der Waals surface area contributed by atoms with Crippen LogP contribution in [-0.2, 0) is 4.79 Å². The number of carbonyl (C=O) groups excluding carboxylic acids is 1. The van der Waals surface area contributed by atoms with Gasteiger partial charge in [0.15, 0.2) is 11.5 Å². The molecule has 146 valence electrons. The quantitative estimate of drug-likeness (QED) is 0.585. The summed E-state index contributed by atoms with van der Waals surface area (Å²) in [6, 6.07) is 3.59. The van der Waals surface area contributed by atoms with Gasteiger partial charge in [-0.25, -0.2) is 0 Å². The Balaban J connectivity index is 2.02. The highest BCUT2D eigenvalue weighted by Crippen LogP contribution is 2.38. The molecule has 1 amide bonds. The molecule has 2 rings (SSSR count). The molecule has 1 fully saturated rings. The first kappa shape index (κ1) is 20.5. The van der Waals surface area contributed by atoms with Gasteiger partial charge in [0.2, 0.25) is 11.7 Å². The third kappa shape index (κ3) is 5.59. The summed E-state index contributed by atoms with van der Waals surface area (Å²) in [5, 5.41) is 8.01. The lowest BCUT2D eigenvalue weighted by Crippen LogP contribution is -2.46. The van der Waals surface area contributed by atoms with E-state index in [1.165, 1.54) is 12.2 Å². The second-order valence-electron chi connectivity index (χ2n) is 6.21. The van der Waals surface area contributed by atoms with Crippen LogP contribution in [0.3, 0.4) is 0 Å². The monoisotopic (exact) mass is 373 g/mol. The highest BCUT2D eigenvalue weighted by atomic mass is 16.5. The molecule has 27 heavy (non-hydrogen) atoms. The van der Waals surface area contributed by atoms with Crippen LogP contribution in [-0.4, -0.2) is 76.0 Å². The molecule has 1 saturated heterocycles. The molecule has 1 heterocycles. The van der Waals surface area contributed by atoms with Crippen LogP contribution in [0.4, 0.5) is 0 Å². The molecule has 1 N–H and O–H groups in total. The van der Waals surface area contributed by atoms with Gasteiger partial charge in [0.25, 0.3) is 0 Å². The number of hydrogen-bond donors (Lipinski definition) is 1. The van der Waals surface area contributed by atoms with E-state index in [9.17, 15) is 4.79 Å². The van der Waals surface area contributed by atoms with Crippen molar-refractivity contribution in [2.45, 2.75) is 0 Å². The number of piperazine rings is 1. The van der Waals surface area contributed by atoms with Crippen molar-refractivity contribution >= 4 is 17.7 Å². The predicted octanol–water partition coefficient (Wildman–Crippen LogP) is 2.08. The molecule has 1 aliphatic heterocycles. The summed E-state index contributed by atoms with van der Waals surface area (Å²) in [4.78, 5) is 16.2. The summed E-state index contributed by atoms with van der Waals surface area (Å²) in [7, 11) is 6.70. The number of nitrogens with one attached hydrogen (secondary N) is 1. The van der Waals surface area contributed by atoms with Crippen LogP contribution in [0.25, 0.3) is 6.08 Å². The highest BCUT2D eigenvalue weighted by Gasteiger charge is 2.16. The van der Waals surface area contributed by atoms with Crippen molar-refractivity contribution in [2.24, 2.45) is 0 Å². The van der Waals surface area contributed by atoms with Crippen LogP contribution in [0.1, 0.15) is 5.56 Å². The topological polar surface area (TPSA) is 75.1 Å². The van der Waals surface area contributed by atoms with Gasteiger partial charge < -0.3 is 29.4 Å². The van der Waals surface area contributed by atoms with Crippen molar-refractivity contribution < 1.29 is 19.0 Å². The molecule has 0 atom stereocenters. The van der Waals surface area contributed by atoms with E-state index in [2.05, 4.69) is 4.90 Å². The third-order valence-corrected chi connectivity index (χ3v) is 4.36. The summed E-state index contributed by atoms with van der Waals surface area (Å²) >= 11 is 0. The second kappa shape index (κ2) is 9.78. The van der Waals surface area contributed by atoms with E-state index < -0.39 is 0 Å². The number of rotatable bonds is 7. The normalized spacial score (nSPS) is 15.3. The summed E-state index contributed by atoms with van der Waals surface area (Å²) in [6.45, 7) is 3.18. The number of nitrogens with zero attached hydrogens (tertiary/aromatic N) is 2. The third-order valence-electron chi connectivity index (χ3n) is 4.36. The molecule has 1 aromatic rings. The van der Waals surface area contributed by atoms with E-state index in [1.54, 1.807) is 50.5 Å². The molecule has 0 saturated carbocycles. The van der Waals surface area contributed by atoms with Crippen LogP contribution < -0.4 is 14.2 Å². The summed E-state index contributed by atoms with van der Waals surface area (Å²) in [5.41, 5.74) is 1.03. The lowest BCUT2D eigenvalue weighted by molar-refractivity contribution is -0.127. The van der Waals surface area contributed by atoms with Crippen molar-refractivity contribution in [1.82, 2.24) is 9.80 Å². The smallest absolute Gasteiger partial charge is 0.246 e. The lowest BCUT2D eigenvalue weighted by Gasteiger charge is -2.31. The Bertz CT molecular complexity index is 710. The molecule has 0 aliphatic carbocycles. The van der Waals surface area contributed by atoms with Crippen molar-refractivity contribution in [1.29, 1.82) is 5.41 Å². The van der Waals surface area contributed by atoms with Crippen molar-refractivity contribution in [3.05, 3.63) is 35.9 Å². The minimum absolute atomic E-state index is 0.0611. The summed E-state index contributed by atoms with van der Waals surface area (Å²) < 4.78 is 15.9. The average Bonchev–Trinajstić information content (AvgIpc) is 2.69.